The summed E-state index contributed by atoms with van der Waals surface area (Å²) in [6, 6.07) is 8.34. The maximum Gasteiger partial charge on any atom is 2.00 e. The number of carbonyl (C=O) groups is 1. The SMILES string of the molecule is COc1cccc(C=NNC(=O)c2ccncc2)c1[OH2+].[Mn+2]. The molecule has 1 heterocycles. The third-order valence-electron chi connectivity index (χ3n) is 2.59. The van der Waals surface area contributed by atoms with Crippen LogP contribution in [0.25, 0.3) is 0 Å². The van der Waals surface area contributed by atoms with E-state index in [9.17, 15) is 4.79 Å². The number of aromatic nitrogens is 1. The van der Waals surface area contributed by atoms with E-state index in [0.717, 1.165) is 0 Å². The quantitative estimate of drug-likeness (QED) is 0.397. The Labute approximate surface area is 132 Å². The standard InChI is InChI=1S/C14H13N3O3.Mn/c1-20-12-4-2-3-11(13(12)18)9-16-17-14(19)10-5-7-15-8-6-10;/h2-9,18H,1H3,(H,17,19);/q;+2/p+1. The molecule has 0 fully saturated rings. The average Bonchev–Trinajstić information content (AvgIpc) is 2.49. The number of rotatable bonds is 4. The van der Waals surface area contributed by atoms with Crippen LogP contribution in [0.2, 0.25) is 0 Å². The zero-order valence-electron chi connectivity index (χ0n) is 11.2. The van der Waals surface area contributed by atoms with Crippen LogP contribution < -0.4 is 10.2 Å². The molecule has 1 aromatic heterocycles. The fraction of sp³-hybridized carbons (Fsp3) is 0.0714. The van der Waals surface area contributed by atoms with Crippen molar-refractivity contribution in [1.29, 1.82) is 0 Å². The zero-order chi connectivity index (χ0) is 14.4. The van der Waals surface area contributed by atoms with Crippen LogP contribution >= 0.6 is 0 Å². The minimum absolute atomic E-state index is 0. The van der Waals surface area contributed by atoms with Gasteiger partial charge in [-0.15, -0.1) is 0 Å². The predicted octanol–water partition coefficient (Wildman–Crippen LogP) is 1.29. The summed E-state index contributed by atoms with van der Waals surface area (Å²) >= 11 is 0. The van der Waals surface area contributed by atoms with Crippen LogP contribution in [-0.4, -0.2) is 29.3 Å². The van der Waals surface area contributed by atoms with Gasteiger partial charge in [-0.2, -0.15) is 5.10 Å². The van der Waals surface area contributed by atoms with Crippen molar-refractivity contribution in [3.8, 4) is 11.5 Å². The first-order chi connectivity index (χ1) is 9.72. The van der Waals surface area contributed by atoms with Crippen molar-refractivity contribution >= 4 is 12.1 Å². The molecular weight excluding hydrogens is 313 g/mol. The maximum atomic E-state index is 11.7. The summed E-state index contributed by atoms with van der Waals surface area (Å²) in [6.07, 6.45) is 4.47. The Balaban J connectivity index is 0.00000220. The first-order valence-corrected chi connectivity index (χ1v) is 5.84. The van der Waals surface area contributed by atoms with Crippen LogP contribution in [0.5, 0.6) is 11.5 Å². The average molecular weight is 327 g/mol. The number of nitrogens with one attached hydrogen (secondary N) is 1. The molecular formula is C14H14MnN3O3+3. The monoisotopic (exact) mass is 327 g/mol. The fourth-order valence-corrected chi connectivity index (χ4v) is 1.55. The first kappa shape index (κ1) is 16.7. The summed E-state index contributed by atoms with van der Waals surface area (Å²) in [5, 5.41) is 11.7. The molecule has 0 saturated heterocycles. The van der Waals surface area contributed by atoms with E-state index in [4.69, 9.17) is 9.84 Å². The fourth-order valence-electron chi connectivity index (χ4n) is 1.55. The summed E-state index contributed by atoms with van der Waals surface area (Å²) in [7, 11) is 1.50. The molecule has 1 aromatic carbocycles. The smallest absolute Gasteiger partial charge is 0.590 e. The van der Waals surface area contributed by atoms with Crippen molar-refractivity contribution in [3.63, 3.8) is 0 Å². The first-order valence-electron chi connectivity index (χ1n) is 5.84. The van der Waals surface area contributed by atoms with E-state index < -0.39 is 0 Å². The van der Waals surface area contributed by atoms with Gasteiger partial charge < -0.3 is 9.84 Å². The molecule has 0 saturated carbocycles. The van der Waals surface area contributed by atoms with Crippen molar-refractivity contribution in [2.45, 2.75) is 0 Å². The normalized spacial score (nSPS) is 9.95. The second-order valence-electron chi connectivity index (χ2n) is 3.86. The van der Waals surface area contributed by atoms with Gasteiger partial charge in [-0.05, 0) is 24.3 Å². The van der Waals surface area contributed by atoms with Crippen LogP contribution in [0.3, 0.4) is 0 Å². The molecule has 6 nitrogen and oxygen atoms in total. The number of hydrogen-bond donors (Lipinski definition) is 1. The minimum atomic E-state index is -0.335. The Hall–Kier alpha value is -2.37. The molecule has 0 aliphatic carbocycles. The number of para-hydroxylation sites is 1. The number of ether oxygens (including phenoxy) is 1. The zero-order valence-corrected chi connectivity index (χ0v) is 12.4. The van der Waals surface area contributed by atoms with Gasteiger partial charge in [0, 0.05) is 18.0 Å². The topological polar surface area (TPSA) is 86.5 Å². The number of benzene rings is 1. The molecule has 0 aliphatic rings. The Morgan fingerprint density at radius 3 is 2.71 bits per heavy atom. The molecule has 3 N–H and O–H groups in total. The summed E-state index contributed by atoms with van der Waals surface area (Å²) in [6.45, 7) is 0. The van der Waals surface area contributed by atoms with E-state index in [2.05, 4.69) is 15.5 Å². The van der Waals surface area contributed by atoms with Crippen molar-refractivity contribution in [2.24, 2.45) is 5.10 Å². The van der Waals surface area contributed by atoms with Crippen LogP contribution in [-0.2, 0) is 17.1 Å². The van der Waals surface area contributed by atoms with Gasteiger partial charge in [0.05, 0.1) is 18.9 Å². The van der Waals surface area contributed by atoms with Crippen molar-refractivity contribution < 1.29 is 31.7 Å². The molecule has 7 heteroatoms. The molecule has 21 heavy (non-hydrogen) atoms. The molecule has 1 amide bonds. The summed E-state index contributed by atoms with van der Waals surface area (Å²) in [5.41, 5.74) is 3.41. The maximum absolute atomic E-state index is 11.7. The second-order valence-corrected chi connectivity index (χ2v) is 3.86. The number of carbonyl (C=O) groups excluding carboxylic acids is 1. The van der Waals surface area contributed by atoms with Crippen LogP contribution in [0.1, 0.15) is 15.9 Å². The number of hydrazone groups is 1. The van der Waals surface area contributed by atoms with Gasteiger partial charge in [0.1, 0.15) is 0 Å². The van der Waals surface area contributed by atoms with Gasteiger partial charge >= 0.3 is 22.8 Å². The van der Waals surface area contributed by atoms with E-state index in [1.807, 2.05) is 0 Å². The molecule has 107 valence electrons. The molecule has 0 atom stereocenters. The molecule has 2 aromatic rings. The predicted molar refractivity (Wildman–Crippen MR) is 75.4 cm³/mol. The Bertz CT molecular complexity index is 633. The molecule has 0 aliphatic heterocycles. The van der Waals surface area contributed by atoms with E-state index in [-0.39, 0.29) is 28.7 Å². The number of hydrogen-bond acceptors (Lipinski definition) is 4. The molecule has 2 rings (SSSR count). The molecule has 0 spiro atoms. The van der Waals surface area contributed by atoms with Gasteiger partial charge in [-0.1, -0.05) is 6.07 Å². The second kappa shape index (κ2) is 8.04. The summed E-state index contributed by atoms with van der Waals surface area (Å²) in [4.78, 5) is 15.5. The van der Waals surface area contributed by atoms with Gasteiger partial charge in [-0.25, -0.2) is 5.43 Å². The van der Waals surface area contributed by atoms with E-state index in [0.29, 0.717) is 16.9 Å². The van der Waals surface area contributed by atoms with Crippen LogP contribution in [0.4, 0.5) is 0 Å². The third-order valence-corrected chi connectivity index (χ3v) is 2.59. The van der Waals surface area contributed by atoms with Gasteiger partial charge in [0.25, 0.3) is 5.91 Å². The van der Waals surface area contributed by atoms with Crippen molar-refractivity contribution in [2.75, 3.05) is 7.11 Å². The summed E-state index contributed by atoms with van der Waals surface area (Å²) in [5.74, 6) is 0.337. The van der Waals surface area contributed by atoms with Gasteiger partial charge in [-0.3, -0.25) is 9.78 Å². The van der Waals surface area contributed by atoms with Crippen molar-refractivity contribution in [1.82, 2.24) is 10.4 Å². The summed E-state index contributed by atoms with van der Waals surface area (Å²) < 4.78 is 5.04. The van der Waals surface area contributed by atoms with Gasteiger partial charge in [0.2, 0.25) is 5.75 Å². The number of amides is 1. The van der Waals surface area contributed by atoms with Crippen LogP contribution in [0, 0.1) is 0 Å². The van der Waals surface area contributed by atoms with Crippen LogP contribution in [0.15, 0.2) is 47.8 Å². The number of nitrogens with zero attached hydrogens (tertiary/aromatic N) is 2. The minimum Gasteiger partial charge on any atom is -0.590 e. The molecule has 1 radical (unpaired) electrons. The largest absolute Gasteiger partial charge is 2.00 e. The van der Waals surface area contributed by atoms with E-state index >= 15 is 0 Å². The number of methoxy groups -OCH3 is 1. The van der Waals surface area contributed by atoms with Crippen molar-refractivity contribution in [3.05, 3.63) is 53.9 Å². The Morgan fingerprint density at radius 1 is 1.33 bits per heavy atom. The molecule has 0 bridgehead atoms. The van der Waals surface area contributed by atoms with E-state index in [1.54, 1.807) is 30.3 Å². The van der Waals surface area contributed by atoms with E-state index in [1.165, 1.54) is 25.7 Å². The number of pyridine rings is 1. The van der Waals surface area contributed by atoms with Gasteiger partial charge in [0.15, 0.2) is 0 Å². The molecule has 0 unspecified atom stereocenters. The Kier molecular flexibility index (Phi) is 6.38. The Morgan fingerprint density at radius 2 is 2.05 bits per heavy atom. The third kappa shape index (κ3) is 4.30.